The molecule has 8 heteroatoms. The molecule has 0 bridgehead atoms. The maximum atomic E-state index is 13.6. The standard InChI is InChI=1S/C26H19Cl2N3O2S/c1-16-8-5-6-13-22(16)31-25(33)23(14-18-20(27)11-7-12-21(18)28)34-26(31)19(15-29)24(32)30-17-9-3-2-4-10-17/h2-13,23H,14H2,1H3,(H,30,32)/b26-19+/t23-/m0/s1. The zero-order chi connectivity index (χ0) is 24.2. The van der Waals surface area contributed by atoms with Crippen LogP contribution in [0.25, 0.3) is 0 Å². The van der Waals surface area contributed by atoms with Gasteiger partial charge in [0.15, 0.2) is 0 Å². The van der Waals surface area contributed by atoms with Crippen molar-refractivity contribution in [3.8, 4) is 6.07 Å². The summed E-state index contributed by atoms with van der Waals surface area (Å²) in [6, 6.07) is 23.4. The zero-order valence-electron chi connectivity index (χ0n) is 18.1. The number of para-hydroxylation sites is 2. The first-order valence-corrected chi connectivity index (χ1v) is 12.0. The highest BCUT2D eigenvalue weighted by Gasteiger charge is 2.41. The van der Waals surface area contributed by atoms with Crippen LogP contribution in [0.2, 0.25) is 10.0 Å². The summed E-state index contributed by atoms with van der Waals surface area (Å²) in [7, 11) is 0. The first-order valence-electron chi connectivity index (χ1n) is 10.4. The van der Waals surface area contributed by atoms with Crippen molar-refractivity contribution in [2.24, 2.45) is 0 Å². The molecule has 0 unspecified atom stereocenters. The highest BCUT2D eigenvalue weighted by Crippen LogP contribution is 2.44. The van der Waals surface area contributed by atoms with E-state index in [0.29, 0.717) is 27.0 Å². The second-order valence-electron chi connectivity index (χ2n) is 7.58. The van der Waals surface area contributed by atoms with Crippen molar-refractivity contribution in [3.05, 3.63) is 105 Å². The van der Waals surface area contributed by atoms with Crippen LogP contribution >= 0.6 is 35.0 Å². The van der Waals surface area contributed by atoms with Crippen molar-refractivity contribution >= 4 is 58.2 Å². The van der Waals surface area contributed by atoms with Gasteiger partial charge in [-0.25, -0.2) is 0 Å². The molecule has 1 aliphatic heterocycles. The number of hydrogen-bond donors (Lipinski definition) is 1. The number of anilines is 2. The van der Waals surface area contributed by atoms with E-state index in [1.807, 2.05) is 37.3 Å². The molecule has 1 heterocycles. The maximum absolute atomic E-state index is 13.6. The van der Waals surface area contributed by atoms with Crippen molar-refractivity contribution in [2.45, 2.75) is 18.6 Å². The minimum absolute atomic E-state index is 0.141. The monoisotopic (exact) mass is 507 g/mol. The quantitative estimate of drug-likeness (QED) is 0.321. The molecule has 0 aromatic heterocycles. The highest BCUT2D eigenvalue weighted by molar-refractivity contribution is 8.05. The number of nitrogens with one attached hydrogen (secondary N) is 1. The third kappa shape index (κ3) is 4.83. The Morgan fingerprint density at radius 3 is 2.32 bits per heavy atom. The van der Waals surface area contributed by atoms with Gasteiger partial charge in [0.1, 0.15) is 16.7 Å². The Morgan fingerprint density at radius 1 is 1.03 bits per heavy atom. The number of halogens is 2. The van der Waals surface area contributed by atoms with E-state index in [9.17, 15) is 14.9 Å². The summed E-state index contributed by atoms with van der Waals surface area (Å²) in [4.78, 5) is 28.2. The van der Waals surface area contributed by atoms with E-state index in [-0.39, 0.29) is 22.9 Å². The lowest BCUT2D eigenvalue weighted by atomic mass is 10.1. The number of aryl methyl sites for hydroxylation is 1. The fraction of sp³-hybridized carbons (Fsp3) is 0.115. The van der Waals surface area contributed by atoms with Gasteiger partial charge in [-0.15, -0.1) is 0 Å². The number of nitrogens with zero attached hydrogens (tertiary/aromatic N) is 2. The minimum Gasteiger partial charge on any atom is -0.321 e. The molecule has 1 N–H and O–H groups in total. The molecule has 4 rings (SSSR count). The fourth-order valence-electron chi connectivity index (χ4n) is 3.65. The predicted octanol–water partition coefficient (Wildman–Crippen LogP) is 6.37. The van der Waals surface area contributed by atoms with E-state index in [2.05, 4.69) is 5.32 Å². The van der Waals surface area contributed by atoms with Crippen LogP contribution in [0.4, 0.5) is 11.4 Å². The molecule has 1 atom stereocenters. The number of hydrogen-bond acceptors (Lipinski definition) is 4. The van der Waals surface area contributed by atoms with E-state index in [1.165, 1.54) is 16.7 Å². The van der Waals surface area contributed by atoms with Gasteiger partial charge in [-0.1, -0.05) is 77.4 Å². The number of nitriles is 1. The van der Waals surface area contributed by atoms with Gasteiger partial charge in [0.2, 0.25) is 5.91 Å². The van der Waals surface area contributed by atoms with Crippen LogP contribution in [-0.2, 0) is 16.0 Å². The Balaban J connectivity index is 1.78. The van der Waals surface area contributed by atoms with Gasteiger partial charge >= 0.3 is 0 Å². The first kappa shape index (κ1) is 23.9. The topological polar surface area (TPSA) is 73.2 Å². The summed E-state index contributed by atoms with van der Waals surface area (Å²) in [5.41, 5.74) is 2.51. The number of carbonyl (C=O) groups is 2. The average molecular weight is 508 g/mol. The lowest BCUT2D eigenvalue weighted by Crippen LogP contribution is -2.31. The SMILES string of the molecule is Cc1ccccc1N1C(=O)[C@H](Cc2c(Cl)cccc2Cl)S/C1=C(\C#N)C(=O)Nc1ccccc1. The molecule has 0 aliphatic carbocycles. The van der Waals surface area contributed by atoms with Gasteiger partial charge in [0.25, 0.3) is 5.91 Å². The number of thioether (sulfide) groups is 1. The molecule has 3 aromatic carbocycles. The number of benzene rings is 3. The van der Waals surface area contributed by atoms with Crippen LogP contribution in [0.3, 0.4) is 0 Å². The number of amides is 2. The van der Waals surface area contributed by atoms with Crippen molar-refractivity contribution in [3.63, 3.8) is 0 Å². The average Bonchev–Trinajstić information content (AvgIpc) is 3.13. The molecule has 0 spiro atoms. The Bertz CT molecular complexity index is 1320. The summed E-state index contributed by atoms with van der Waals surface area (Å²) >= 11 is 13.9. The molecule has 1 saturated heterocycles. The van der Waals surface area contributed by atoms with Crippen LogP contribution in [0.5, 0.6) is 0 Å². The summed E-state index contributed by atoms with van der Waals surface area (Å²) in [6.07, 6.45) is 0.257. The molecular formula is C26H19Cl2N3O2S. The van der Waals surface area contributed by atoms with Crippen molar-refractivity contribution in [1.29, 1.82) is 5.26 Å². The fourth-order valence-corrected chi connectivity index (χ4v) is 5.47. The first-order chi connectivity index (χ1) is 16.4. The van der Waals surface area contributed by atoms with Crippen LogP contribution in [-0.4, -0.2) is 17.1 Å². The Kier molecular flexibility index (Phi) is 7.28. The van der Waals surface area contributed by atoms with E-state index >= 15 is 0 Å². The Hall–Kier alpha value is -3.24. The Labute approximate surface area is 212 Å². The van der Waals surface area contributed by atoms with E-state index in [0.717, 1.165) is 5.56 Å². The summed E-state index contributed by atoms with van der Waals surface area (Å²) in [6.45, 7) is 1.87. The van der Waals surface area contributed by atoms with E-state index in [4.69, 9.17) is 23.2 Å². The molecule has 170 valence electrons. The van der Waals surface area contributed by atoms with Gasteiger partial charge in [0, 0.05) is 15.7 Å². The molecule has 1 aliphatic rings. The van der Waals surface area contributed by atoms with E-state index < -0.39 is 11.2 Å². The predicted molar refractivity (Wildman–Crippen MR) is 138 cm³/mol. The lowest BCUT2D eigenvalue weighted by Gasteiger charge is -2.20. The normalized spacial score (nSPS) is 16.8. The van der Waals surface area contributed by atoms with Crippen LogP contribution in [0.1, 0.15) is 11.1 Å². The maximum Gasteiger partial charge on any atom is 0.269 e. The van der Waals surface area contributed by atoms with Crippen LogP contribution < -0.4 is 10.2 Å². The lowest BCUT2D eigenvalue weighted by molar-refractivity contribution is -0.117. The van der Waals surface area contributed by atoms with Crippen molar-refractivity contribution in [1.82, 2.24) is 0 Å². The van der Waals surface area contributed by atoms with Gasteiger partial charge in [-0.2, -0.15) is 5.26 Å². The molecular weight excluding hydrogens is 489 g/mol. The molecule has 0 saturated carbocycles. The molecule has 5 nitrogen and oxygen atoms in total. The molecule has 1 fully saturated rings. The minimum atomic E-state index is -0.611. The van der Waals surface area contributed by atoms with Gasteiger partial charge < -0.3 is 5.32 Å². The molecule has 3 aromatic rings. The second kappa shape index (κ2) is 10.4. The smallest absolute Gasteiger partial charge is 0.269 e. The van der Waals surface area contributed by atoms with Crippen molar-refractivity contribution in [2.75, 3.05) is 10.2 Å². The van der Waals surface area contributed by atoms with Gasteiger partial charge in [-0.05, 0) is 54.8 Å². The van der Waals surface area contributed by atoms with Gasteiger partial charge in [0.05, 0.1) is 10.9 Å². The molecule has 2 amide bonds. The van der Waals surface area contributed by atoms with Gasteiger partial charge in [-0.3, -0.25) is 14.5 Å². The molecule has 0 radical (unpaired) electrons. The number of carbonyl (C=O) groups excluding carboxylic acids is 2. The van der Waals surface area contributed by atoms with Crippen LogP contribution in [0, 0.1) is 18.3 Å². The summed E-state index contributed by atoms with van der Waals surface area (Å²) in [5.74, 6) is -0.829. The van der Waals surface area contributed by atoms with Crippen LogP contribution in [0.15, 0.2) is 83.4 Å². The second-order valence-corrected chi connectivity index (χ2v) is 9.59. The Morgan fingerprint density at radius 2 is 1.68 bits per heavy atom. The van der Waals surface area contributed by atoms with Crippen molar-refractivity contribution < 1.29 is 9.59 Å². The highest BCUT2D eigenvalue weighted by atomic mass is 35.5. The largest absolute Gasteiger partial charge is 0.321 e. The third-order valence-corrected chi connectivity index (χ3v) is 7.32. The summed E-state index contributed by atoms with van der Waals surface area (Å²) < 4.78 is 0. The van der Waals surface area contributed by atoms with E-state index in [1.54, 1.807) is 48.5 Å². The third-order valence-electron chi connectivity index (χ3n) is 5.34. The zero-order valence-corrected chi connectivity index (χ0v) is 20.4. The summed E-state index contributed by atoms with van der Waals surface area (Å²) in [5, 5.41) is 13.3. The number of rotatable bonds is 5. The molecule has 34 heavy (non-hydrogen) atoms.